The first-order valence-corrected chi connectivity index (χ1v) is 15.6. The second-order valence-electron chi connectivity index (χ2n) is 13.8. The Morgan fingerprint density at radius 2 is 1.76 bits per heavy atom. The number of nitrogens with zero attached hydrogens (tertiary/aromatic N) is 1. The van der Waals surface area contributed by atoms with Crippen LogP contribution in [0.15, 0.2) is 12.7 Å². The van der Waals surface area contributed by atoms with E-state index in [4.69, 9.17) is 4.74 Å². The number of aliphatic hydroxyl groups is 1. The molecule has 0 aromatic carbocycles. The lowest BCUT2D eigenvalue weighted by atomic mass is 9.79. The van der Waals surface area contributed by atoms with Gasteiger partial charge in [-0.05, 0) is 42.4 Å². The van der Waals surface area contributed by atoms with Crippen molar-refractivity contribution in [3.8, 4) is 0 Å². The standard InChI is InChI=1S/C31H52F3N5O6/c1-8-16-35-26(42)23(40)20(11-15-31(32,33)34)36-25(41)22-19(2)12-17-39(22)27(43)24(30(6)13-9-10-14-30)38-28(44)37-21(18-45-7)29(3,4)5/h8,19-22,24-25,36,41H,1,9-18H2,2-7H3,(H,35,42)(H2,37,38,44)/t19-,20?,21?,22?,24?,25?/m0/s1. The molecule has 6 atom stereocenters. The summed E-state index contributed by atoms with van der Waals surface area (Å²) in [6.07, 6.45) is -3.45. The number of Topliss-reactive ketones (excluding diaryl/α,β-unsaturated/α-hetero) is 1. The van der Waals surface area contributed by atoms with Crippen molar-refractivity contribution in [1.82, 2.24) is 26.2 Å². The maximum Gasteiger partial charge on any atom is 0.389 e. The zero-order chi connectivity index (χ0) is 34.2. The average Bonchev–Trinajstić information content (AvgIpc) is 3.56. The lowest BCUT2D eigenvalue weighted by Crippen LogP contribution is -2.63. The molecule has 2 fully saturated rings. The number of rotatable bonds is 15. The number of ether oxygens (including phenoxy) is 1. The molecular weight excluding hydrogens is 595 g/mol. The summed E-state index contributed by atoms with van der Waals surface area (Å²) in [6, 6.07) is -4.42. The number of alkyl halides is 3. The van der Waals surface area contributed by atoms with Gasteiger partial charge in [-0.3, -0.25) is 19.7 Å². The molecule has 0 spiro atoms. The second kappa shape index (κ2) is 16.2. The number of ketones is 1. The number of aliphatic hydroxyl groups excluding tert-OH is 1. The van der Waals surface area contributed by atoms with Crippen LogP contribution in [0.25, 0.3) is 0 Å². The van der Waals surface area contributed by atoms with E-state index in [0.29, 0.717) is 19.3 Å². The van der Waals surface area contributed by atoms with Gasteiger partial charge in [0.05, 0.1) is 24.7 Å². The number of halogens is 3. The maximum atomic E-state index is 14.3. The molecule has 0 aromatic rings. The van der Waals surface area contributed by atoms with Gasteiger partial charge in [0, 0.05) is 26.6 Å². The van der Waals surface area contributed by atoms with E-state index < -0.39 is 72.4 Å². The van der Waals surface area contributed by atoms with Gasteiger partial charge < -0.3 is 30.7 Å². The van der Waals surface area contributed by atoms with Gasteiger partial charge in [0.2, 0.25) is 11.7 Å². The lowest BCUT2D eigenvalue weighted by Gasteiger charge is -2.40. The van der Waals surface area contributed by atoms with E-state index >= 15 is 0 Å². The van der Waals surface area contributed by atoms with Gasteiger partial charge in [-0.15, -0.1) is 6.58 Å². The van der Waals surface area contributed by atoms with Crippen LogP contribution >= 0.6 is 0 Å². The second-order valence-corrected chi connectivity index (χ2v) is 13.8. The molecule has 5 unspecified atom stereocenters. The number of carbonyl (C=O) groups excluding carboxylic acids is 4. The molecule has 0 bridgehead atoms. The highest BCUT2D eigenvalue weighted by molar-refractivity contribution is 6.38. The Kier molecular flexibility index (Phi) is 13.9. The lowest BCUT2D eigenvalue weighted by molar-refractivity contribution is -0.146. The molecule has 258 valence electrons. The number of likely N-dealkylation sites (tertiary alicyclic amines) is 1. The van der Waals surface area contributed by atoms with Crippen LogP contribution in [0.3, 0.4) is 0 Å². The van der Waals surface area contributed by atoms with Gasteiger partial charge in [0.15, 0.2) is 0 Å². The first kappa shape index (κ1) is 38.5. The highest BCUT2D eigenvalue weighted by Crippen LogP contribution is 2.42. The third kappa shape index (κ3) is 11.0. The number of nitrogens with one attached hydrogen (secondary N) is 4. The van der Waals surface area contributed by atoms with Gasteiger partial charge in [-0.25, -0.2) is 4.79 Å². The van der Waals surface area contributed by atoms with Crippen LogP contribution in [0.4, 0.5) is 18.0 Å². The van der Waals surface area contributed by atoms with Crippen LogP contribution in [0.2, 0.25) is 0 Å². The minimum atomic E-state index is -4.60. The van der Waals surface area contributed by atoms with E-state index in [9.17, 15) is 37.5 Å². The summed E-state index contributed by atoms with van der Waals surface area (Å²) >= 11 is 0. The van der Waals surface area contributed by atoms with E-state index in [1.54, 1.807) is 6.92 Å². The molecule has 1 aliphatic carbocycles. The van der Waals surface area contributed by atoms with Gasteiger partial charge in [0.1, 0.15) is 12.3 Å². The quantitative estimate of drug-likeness (QED) is 0.104. The first-order chi connectivity index (χ1) is 20.8. The van der Waals surface area contributed by atoms with Gasteiger partial charge in [-0.1, -0.05) is 53.5 Å². The predicted molar refractivity (Wildman–Crippen MR) is 163 cm³/mol. The molecule has 1 aliphatic heterocycles. The van der Waals surface area contributed by atoms with Gasteiger partial charge in [-0.2, -0.15) is 13.2 Å². The van der Waals surface area contributed by atoms with Crippen LogP contribution in [0, 0.1) is 16.7 Å². The Morgan fingerprint density at radius 3 is 2.29 bits per heavy atom. The summed E-state index contributed by atoms with van der Waals surface area (Å²) in [4.78, 5) is 54.2. The molecule has 0 aromatic heterocycles. The van der Waals surface area contributed by atoms with Crippen molar-refractivity contribution in [3.05, 3.63) is 12.7 Å². The van der Waals surface area contributed by atoms with Crippen molar-refractivity contribution in [3.63, 3.8) is 0 Å². The Labute approximate surface area is 264 Å². The molecule has 1 saturated heterocycles. The fourth-order valence-electron chi connectivity index (χ4n) is 6.20. The summed E-state index contributed by atoms with van der Waals surface area (Å²) < 4.78 is 44.6. The van der Waals surface area contributed by atoms with E-state index in [1.807, 2.05) is 27.7 Å². The molecule has 11 nitrogen and oxygen atoms in total. The number of urea groups is 1. The van der Waals surface area contributed by atoms with Crippen LogP contribution < -0.4 is 21.3 Å². The van der Waals surface area contributed by atoms with Crippen LogP contribution in [0.1, 0.15) is 79.6 Å². The highest BCUT2D eigenvalue weighted by atomic mass is 19.4. The minimum Gasteiger partial charge on any atom is -0.383 e. The summed E-state index contributed by atoms with van der Waals surface area (Å²) in [5, 5.41) is 21.9. The number of amides is 4. The number of hydrogen-bond acceptors (Lipinski definition) is 7. The van der Waals surface area contributed by atoms with Crippen molar-refractivity contribution in [2.75, 3.05) is 26.8 Å². The molecule has 2 aliphatic rings. The summed E-state index contributed by atoms with van der Waals surface area (Å²) in [5.74, 6) is -3.00. The summed E-state index contributed by atoms with van der Waals surface area (Å²) in [6.45, 7) is 13.5. The van der Waals surface area contributed by atoms with Crippen LogP contribution in [-0.2, 0) is 19.1 Å². The molecule has 5 N–H and O–H groups in total. The van der Waals surface area contributed by atoms with E-state index in [0.717, 1.165) is 12.8 Å². The van der Waals surface area contributed by atoms with Crippen molar-refractivity contribution in [2.24, 2.45) is 16.7 Å². The molecule has 45 heavy (non-hydrogen) atoms. The van der Waals surface area contributed by atoms with Crippen molar-refractivity contribution in [2.45, 2.75) is 116 Å². The first-order valence-electron chi connectivity index (χ1n) is 15.6. The Balaban J connectivity index is 2.32. The number of carbonyl (C=O) groups is 4. The molecule has 1 saturated carbocycles. The smallest absolute Gasteiger partial charge is 0.383 e. The Morgan fingerprint density at radius 1 is 1.13 bits per heavy atom. The van der Waals surface area contributed by atoms with Crippen LogP contribution in [0.5, 0.6) is 0 Å². The van der Waals surface area contributed by atoms with Gasteiger partial charge in [0.25, 0.3) is 5.91 Å². The molecule has 1 heterocycles. The largest absolute Gasteiger partial charge is 0.389 e. The fourth-order valence-corrected chi connectivity index (χ4v) is 6.20. The molecular formula is C31H52F3N5O6. The van der Waals surface area contributed by atoms with E-state index in [-0.39, 0.29) is 37.1 Å². The predicted octanol–water partition coefficient (Wildman–Crippen LogP) is 3.02. The molecule has 2 rings (SSSR count). The van der Waals surface area contributed by atoms with E-state index in [2.05, 4.69) is 27.8 Å². The van der Waals surface area contributed by atoms with Crippen molar-refractivity contribution >= 4 is 23.6 Å². The average molecular weight is 648 g/mol. The Bertz CT molecular complexity index is 1040. The van der Waals surface area contributed by atoms with Crippen molar-refractivity contribution < 1.29 is 42.2 Å². The zero-order valence-corrected chi connectivity index (χ0v) is 27.4. The normalized spacial score (nSPS) is 22.7. The minimum absolute atomic E-state index is 0.0657. The van der Waals surface area contributed by atoms with Crippen molar-refractivity contribution in [1.29, 1.82) is 0 Å². The molecule has 14 heteroatoms. The number of methoxy groups -OCH3 is 1. The summed E-state index contributed by atoms with van der Waals surface area (Å²) in [7, 11) is 1.53. The fraction of sp³-hybridized carbons (Fsp3) is 0.806. The summed E-state index contributed by atoms with van der Waals surface area (Å²) in [5.41, 5.74) is -0.909. The zero-order valence-electron chi connectivity index (χ0n) is 27.4. The van der Waals surface area contributed by atoms with E-state index in [1.165, 1.54) is 18.1 Å². The third-order valence-electron chi connectivity index (χ3n) is 9.06. The monoisotopic (exact) mass is 647 g/mol. The topological polar surface area (TPSA) is 149 Å². The molecule has 0 radical (unpaired) electrons. The third-order valence-corrected chi connectivity index (χ3v) is 9.06. The maximum absolute atomic E-state index is 14.3. The molecule has 4 amide bonds. The van der Waals surface area contributed by atoms with Gasteiger partial charge >= 0.3 is 12.2 Å². The SMILES string of the molecule is C=CCNC(=O)C(=O)C(CCC(F)(F)F)NC(O)C1[C@@H](C)CCN1C(=O)C(NC(=O)NC(COC)C(C)(C)C)C1(C)CCCC1. The Hall–Kier alpha value is -2.71. The number of hydrogen-bond donors (Lipinski definition) is 5. The van der Waals surface area contributed by atoms with Crippen LogP contribution in [-0.4, -0.2) is 97.0 Å². The highest BCUT2D eigenvalue weighted by Gasteiger charge is 2.49.